The van der Waals surface area contributed by atoms with Crippen molar-refractivity contribution in [2.24, 2.45) is 11.8 Å². The molecule has 6 nitrogen and oxygen atoms in total. The van der Waals surface area contributed by atoms with Crippen LogP contribution in [0.2, 0.25) is 0 Å². The standard InChI is InChI=1S/C18H18N2O4/c19-11-12-5-1-4-8-15(12)24-16(21)9-10-20-17(22)13-6-2-3-7-14(13)18(20)23/h1,4-5,8,13-14H,2-3,6-7,9-10H2/t13-,14-/m0/s1. The molecule has 0 radical (unpaired) electrons. The Morgan fingerprint density at radius 2 is 1.79 bits per heavy atom. The normalized spacial score (nSPS) is 22.9. The van der Waals surface area contributed by atoms with Gasteiger partial charge in [0, 0.05) is 6.54 Å². The third-order valence-electron chi connectivity index (χ3n) is 4.70. The number of para-hydroxylation sites is 1. The summed E-state index contributed by atoms with van der Waals surface area (Å²) in [7, 11) is 0. The van der Waals surface area contributed by atoms with E-state index in [2.05, 4.69) is 0 Å². The molecule has 2 atom stereocenters. The van der Waals surface area contributed by atoms with E-state index in [1.807, 2.05) is 6.07 Å². The predicted molar refractivity (Wildman–Crippen MR) is 83.6 cm³/mol. The fraction of sp³-hybridized carbons (Fsp3) is 0.444. The third kappa shape index (κ3) is 3.02. The summed E-state index contributed by atoms with van der Waals surface area (Å²) in [6.07, 6.45) is 3.39. The van der Waals surface area contributed by atoms with E-state index in [0.29, 0.717) is 0 Å². The lowest BCUT2D eigenvalue weighted by molar-refractivity contribution is -0.141. The van der Waals surface area contributed by atoms with Crippen LogP contribution >= 0.6 is 0 Å². The third-order valence-corrected chi connectivity index (χ3v) is 4.70. The Morgan fingerprint density at radius 1 is 1.17 bits per heavy atom. The number of benzene rings is 1. The number of carbonyl (C=O) groups excluding carboxylic acids is 3. The minimum absolute atomic E-state index is 0.0399. The fourth-order valence-electron chi connectivity index (χ4n) is 3.48. The summed E-state index contributed by atoms with van der Waals surface area (Å²) in [6.45, 7) is 0.0399. The number of rotatable bonds is 4. The maximum atomic E-state index is 12.3. The molecule has 1 saturated carbocycles. The van der Waals surface area contributed by atoms with Crippen molar-refractivity contribution in [3.8, 4) is 11.8 Å². The van der Waals surface area contributed by atoms with Gasteiger partial charge in [0.2, 0.25) is 11.8 Å². The summed E-state index contributed by atoms with van der Waals surface area (Å²) < 4.78 is 5.17. The van der Waals surface area contributed by atoms with Gasteiger partial charge in [0.15, 0.2) is 0 Å². The van der Waals surface area contributed by atoms with Crippen LogP contribution in [0.1, 0.15) is 37.7 Å². The van der Waals surface area contributed by atoms with E-state index in [9.17, 15) is 14.4 Å². The van der Waals surface area contributed by atoms with E-state index in [-0.39, 0.29) is 47.9 Å². The molecule has 0 N–H and O–H groups in total. The Hall–Kier alpha value is -2.68. The van der Waals surface area contributed by atoms with Gasteiger partial charge in [-0.25, -0.2) is 0 Å². The van der Waals surface area contributed by atoms with E-state index < -0.39 is 5.97 Å². The van der Waals surface area contributed by atoms with Gasteiger partial charge in [-0.15, -0.1) is 0 Å². The molecule has 0 bridgehead atoms. The van der Waals surface area contributed by atoms with E-state index in [1.165, 1.54) is 11.0 Å². The molecule has 1 aliphatic heterocycles. The highest BCUT2D eigenvalue weighted by atomic mass is 16.5. The minimum Gasteiger partial charge on any atom is -0.425 e. The summed E-state index contributed by atoms with van der Waals surface area (Å²) in [5.74, 6) is -1.10. The topological polar surface area (TPSA) is 87.5 Å². The van der Waals surface area contributed by atoms with Gasteiger partial charge in [-0.3, -0.25) is 19.3 Å². The molecule has 24 heavy (non-hydrogen) atoms. The number of carbonyl (C=O) groups is 3. The van der Waals surface area contributed by atoms with Crippen molar-refractivity contribution < 1.29 is 19.1 Å². The van der Waals surface area contributed by atoms with Crippen molar-refractivity contribution in [1.29, 1.82) is 5.26 Å². The first-order valence-corrected chi connectivity index (χ1v) is 8.17. The van der Waals surface area contributed by atoms with Crippen molar-refractivity contribution in [1.82, 2.24) is 4.90 Å². The summed E-state index contributed by atoms with van der Waals surface area (Å²) in [4.78, 5) is 37.9. The smallest absolute Gasteiger partial charge is 0.313 e. The van der Waals surface area contributed by atoms with Gasteiger partial charge in [0.25, 0.3) is 0 Å². The monoisotopic (exact) mass is 326 g/mol. The van der Waals surface area contributed by atoms with Gasteiger partial charge in [-0.05, 0) is 25.0 Å². The SMILES string of the molecule is N#Cc1ccccc1OC(=O)CCN1C(=O)[C@H]2CCCC[C@@H]2C1=O. The van der Waals surface area contributed by atoms with Gasteiger partial charge in [-0.1, -0.05) is 25.0 Å². The van der Waals surface area contributed by atoms with Crippen LogP contribution in [-0.4, -0.2) is 29.2 Å². The molecule has 2 amide bonds. The zero-order valence-electron chi connectivity index (χ0n) is 13.2. The first kappa shape index (κ1) is 16.2. The van der Waals surface area contributed by atoms with Gasteiger partial charge in [0.05, 0.1) is 23.8 Å². The summed E-state index contributed by atoms with van der Waals surface area (Å²) in [6, 6.07) is 8.39. The number of fused-ring (bicyclic) bond motifs is 1. The van der Waals surface area contributed by atoms with Crippen molar-refractivity contribution >= 4 is 17.8 Å². The van der Waals surface area contributed by atoms with E-state index in [0.717, 1.165) is 25.7 Å². The maximum Gasteiger partial charge on any atom is 0.313 e. The molecule has 124 valence electrons. The van der Waals surface area contributed by atoms with E-state index >= 15 is 0 Å². The van der Waals surface area contributed by atoms with Crippen LogP contribution in [0.25, 0.3) is 0 Å². The van der Waals surface area contributed by atoms with Crippen molar-refractivity contribution in [3.63, 3.8) is 0 Å². The molecule has 1 aliphatic carbocycles. The van der Waals surface area contributed by atoms with Gasteiger partial charge in [-0.2, -0.15) is 5.26 Å². The second-order valence-corrected chi connectivity index (χ2v) is 6.16. The Kier molecular flexibility index (Phi) is 4.61. The van der Waals surface area contributed by atoms with Crippen LogP contribution in [0, 0.1) is 23.2 Å². The number of ether oxygens (including phenoxy) is 1. The zero-order chi connectivity index (χ0) is 17.1. The molecule has 0 aromatic heterocycles. The molecule has 1 aromatic carbocycles. The van der Waals surface area contributed by atoms with Crippen LogP contribution < -0.4 is 4.74 Å². The fourth-order valence-corrected chi connectivity index (χ4v) is 3.48. The number of hydrogen-bond acceptors (Lipinski definition) is 5. The molecule has 3 rings (SSSR count). The van der Waals surface area contributed by atoms with Gasteiger partial charge in [0.1, 0.15) is 11.8 Å². The van der Waals surface area contributed by atoms with E-state index in [1.54, 1.807) is 18.2 Å². The number of likely N-dealkylation sites (tertiary alicyclic amines) is 1. The van der Waals surface area contributed by atoms with Crippen molar-refractivity contribution in [2.75, 3.05) is 6.54 Å². The number of amides is 2. The Bertz CT molecular complexity index is 698. The summed E-state index contributed by atoms with van der Waals surface area (Å²) >= 11 is 0. The lowest BCUT2D eigenvalue weighted by Gasteiger charge is -2.19. The number of hydrogen-bond donors (Lipinski definition) is 0. The first-order valence-electron chi connectivity index (χ1n) is 8.17. The highest BCUT2D eigenvalue weighted by Gasteiger charge is 2.47. The predicted octanol–water partition coefficient (Wildman–Crippen LogP) is 2.03. The van der Waals surface area contributed by atoms with E-state index in [4.69, 9.17) is 10.00 Å². The van der Waals surface area contributed by atoms with Crippen molar-refractivity contribution in [2.45, 2.75) is 32.1 Å². The highest BCUT2D eigenvalue weighted by molar-refractivity contribution is 6.05. The highest BCUT2D eigenvalue weighted by Crippen LogP contribution is 2.38. The van der Waals surface area contributed by atoms with Crippen LogP contribution in [0.5, 0.6) is 5.75 Å². The lowest BCUT2D eigenvalue weighted by atomic mass is 9.81. The lowest BCUT2D eigenvalue weighted by Crippen LogP contribution is -2.33. The Balaban J connectivity index is 1.59. The average Bonchev–Trinajstić information content (AvgIpc) is 2.85. The average molecular weight is 326 g/mol. The quantitative estimate of drug-likeness (QED) is 0.480. The largest absolute Gasteiger partial charge is 0.425 e. The molecule has 1 heterocycles. The molecule has 0 unspecified atom stereocenters. The van der Waals surface area contributed by atoms with Gasteiger partial charge >= 0.3 is 5.97 Å². The second kappa shape index (κ2) is 6.83. The van der Waals surface area contributed by atoms with Gasteiger partial charge < -0.3 is 4.74 Å². The molecule has 6 heteroatoms. The molecule has 0 spiro atoms. The minimum atomic E-state index is -0.562. The number of esters is 1. The molecular weight excluding hydrogens is 308 g/mol. The van der Waals surface area contributed by atoms with Crippen LogP contribution in [0.4, 0.5) is 0 Å². The molecule has 2 fully saturated rings. The first-order chi connectivity index (χ1) is 11.6. The Morgan fingerprint density at radius 3 is 2.42 bits per heavy atom. The van der Waals surface area contributed by atoms with Crippen LogP contribution in [-0.2, 0) is 14.4 Å². The second-order valence-electron chi connectivity index (χ2n) is 6.16. The molecule has 1 aromatic rings. The maximum absolute atomic E-state index is 12.3. The molecular formula is C18H18N2O4. The zero-order valence-corrected chi connectivity index (χ0v) is 13.2. The number of imide groups is 1. The molecule has 1 saturated heterocycles. The summed E-state index contributed by atoms with van der Waals surface area (Å²) in [5.41, 5.74) is 0.269. The molecule has 2 aliphatic rings. The number of nitrogens with zero attached hydrogens (tertiary/aromatic N) is 2. The van der Waals surface area contributed by atoms with Crippen LogP contribution in [0.3, 0.4) is 0 Å². The van der Waals surface area contributed by atoms with Crippen LogP contribution in [0.15, 0.2) is 24.3 Å². The number of nitriles is 1. The Labute approximate surface area is 140 Å². The summed E-state index contributed by atoms with van der Waals surface area (Å²) in [5, 5.41) is 8.98. The van der Waals surface area contributed by atoms with Crippen molar-refractivity contribution in [3.05, 3.63) is 29.8 Å².